The summed E-state index contributed by atoms with van der Waals surface area (Å²) in [6.45, 7) is 5.66. The van der Waals surface area contributed by atoms with Gasteiger partial charge in [0.2, 0.25) is 5.91 Å². The zero-order chi connectivity index (χ0) is 20.8. The number of aromatic nitrogens is 2. The minimum atomic E-state index is -0.211. The Morgan fingerprint density at radius 1 is 1.07 bits per heavy atom. The van der Waals surface area contributed by atoms with Gasteiger partial charge >= 0.3 is 0 Å². The molecule has 3 rings (SSSR count). The van der Waals surface area contributed by atoms with Gasteiger partial charge in [-0.05, 0) is 68.3 Å². The molecular formula is C21H21N3O4S. The van der Waals surface area contributed by atoms with Crippen LogP contribution >= 0.6 is 11.8 Å². The van der Waals surface area contributed by atoms with E-state index in [-0.39, 0.29) is 24.1 Å². The lowest BCUT2D eigenvalue weighted by Crippen LogP contribution is -2.14. The minimum Gasteiger partial charge on any atom is -0.484 e. The number of nitrogens with zero attached hydrogens (tertiary/aromatic N) is 2. The van der Waals surface area contributed by atoms with E-state index < -0.39 is 0 Å². The number of thioether (sulfide) groups is 1. The molecule has 0 spiro atoms. The Morgan fingerprint density at radius 2 is 1.76 bits per heavy atom. The number of amides is 1. The third-order valence-electron chi connectivity index (χ3n) is 3.91. The number of aryl methyl sites for hydroxylation is 2. The van der Waals surface area contributed by atoms with Gasteiger partial charge < -0.3 is 14.5 Å². The van der Waals surface area contributed by atoms with Crippen molar-refractivity contribution in [3.8, 4) is 5.75 Å². The van der Waals surface area contributed by atoms with Crippen LogP contribution in [0.3, 0.4) is 0 Å². The maximum absolute atomic E-state index is 12.1. The summed E-state index contributed by atoms with van der Waals surface area (Å²) in [7, 11) is 0. The second-order valence-electron chi connectivity index (χ2n) is 6.54. The molecule has 1 aromatic heterocycles. The molecule has 0 aliphatic rings. The third-order valence-corrected chi connectivity index (χ3v) is 4.73. The van der Waals surface area contributed by atoms with Gasteiger partial charge in [-0.25, -0.2) is 0 Å². The van der Waals surface area contributed by atoms with Crippen molar-refractivity contribution < 1.29 is 18.7 Å². The molecule has 0 bridgehead atoms. The molecule has 7 nitrogen and oxygen atoms in total. The molecule has 29 heavy (non-hydrogen) atoms. The van der Waals surface area contributed by atoms with Crippen molar-refractivity contribution in [1.82, 2.24) is 10.2 Å². The highest BCUT2D eigenvalue weighted by atomic mass is 32.2. The average Bonchev–Trinajstić information content (AvgIpc) is 3.12. The molecule has 150 valence electrons. The number of Topliss-reactive ketones (excluding diaryl/α,β-unsaturated/α-hetero) is 1. The Labute approximate surface area is 172 Å². The Bertz CT molecular complexity index is 995. The van der Waals surface area contributed by atoms with Gasteiger partial charge in [-0.1, -0.05) is 17.8 Å². The number of hydrogen-bond donors (Lipinski definition) is 1. The normalized spacial score (nSPS) is 10.6. The van der Waals surface area contributed by atoms with Gasteiger partial charge in [-0.15, -0.1) is 10.2 Å². The molecule has 1 amide bonds. The summed E-state index contributed by atoms with van der Waals surface area (Å²) in [4.78, 5) is 23.3. The van der Waals surface area contributed by atoms with Gasteiger partial charge in [0.15, 0.2) is 12.4 Å². The predicted octanol–water partition coefficient (Wildman–Crippen LogP) is 4.20. The van der Waals surface area contributed by atoms with Gasteiger partial charge in [0.05, 0.1) is 5.75 Å². The van der Waals surface area contributed by atoms with Crippen LogP contribution in [0.2, 0.25) is 0 Å². The first-order chi connectivity index (χ1) is 13.9. The van der Waals surface area contributed by atoms with Crippen molar-refractivity contribution in [3.05, 3.63) is 65.0 Å². The van der Waals surface area contributed by atoms with Crippen LogP contribution in [-0.4, -0.2) is 27.6 Å². The number of hydrogen-bond acceptors (Lipinski definition) is 7. The van der Waals surface area contributed by atoms with E-state index in [0.29, 0.717) is 22.4 Å². The lowest BCUT2D eigenvalue weighted by atomic mass is 10.1. The fourth-order valence-corrected chi connectivity index (χ4v) is 3.21. The van der Waals surface area contributed by atoms with Crippen LogP contribution in [0, 0.1) is 13.8 Å². The van der Waals surface area contributed by atoms with E-state index in [0.717, 1.165) is 28.6 Å². The zero-order valence-electron chi connectivity index (χ0n) is 16.4. The van der Waals surface area contributed by atoms with Crippen LogP contribution in [0.1, 0.15) is 34.3 Å². The Morgan fingerprint density at radius 3 is 2.41 bits per heavy atom. The summed E-state index contributed by atoms with van der Waals surface area (Å²) < 4.78 is 11.2. The zero-order valence-corrected chi connectivity index (χ0v) is 17.2. The maximum atomic E-state index is 12.1. The number of benzene rings is 2. The standard InChI is InChI=1S/C21H21N3O4S/c1-13-8-14(2)10-18(9-13)27-11-20-23-24-21(28-20)29-12-19(26)22-17-6-4-16(5-7-17)15(3)25/h4-10H,11-12H2,1-3H3,(H,22,26). The van der Waals surface area contributed by atoms with Gasteiger partial charge in [0.25, 0.3) is 11.1 Å². The van der Waals surface area contributed by atoms with Crippen LogP contribution in [0.15, 0.2) is 52.1 Å². The van der Waals surface area contributed by atoms with Crippen molar-refractivity contribution in [2.75, 3.05) is 11.1 Å². The highest BCUT2D eigenvalue weighted by molar-refractivity contribution is 7.99. The molecule has 0 fully saturated rings. The molecule has 0 atom stereocenters. The smallest absolute Gasteiger partial charge is 0.277 e. The lowest BCUT2D eigenvalue weighted by Gasteiger charge is -2.05. The van der Waals surface area contributed by atoms with Gasteiger partial charge in [-0.3, -0.25) is 9.59 Å². The molecular weight excluding hydrogens is 390 g/mol. The topological polar surface area (TPSA) is 94.3 Å². The highest BCUT2D eigenvalue weighted by Crippen LogP contribution is 2.20. The number of ether oxygens (including phenoxy) is 1. The molecule has 1 N–H and O–H groups in total. The van der Waals surface area contributed by atoms with E-state index in [9.17, 15) is 9.59 Å². The number of carbonyl (C=O) groups is 2. The van der Waals surface area contributed by atoms with Crippen molar-refractivity contribution in [2.24, 2.45) is 0 Å². The van der Waals surface area contributed by atoms with E-state index in [1.54, 1.807) is 24.3 Å². The van der Waals surface area contributed by atoms with Crippen molar-refractivity contribution in [3.63, 3.8) is 0 Å². The van der Waals surface area contributed by atoms with E-state index in [2.05, 4.69) is 21.6 Å². The van der Waals surface area contributed by atoms with Gasteiger partial charge in [-0.2, -0.15) is 0 Å². The number of rotatable bonds is 8. The fraction of sp³-hybridized carbons (Fsp3) is 0.238. The number of carbonyl (C=O) groups excluding carboxylic acids is 2. The van der Waals surface area contributed by atoms with Crippen LogP contribution in [0.4, 0.5) is 5.69 Å². The molecule has 8 heteroatoms. The average molecular weight is 411 g/mol. The first-order valence-electron chi connectivity index (χ1n) is 8.96. The first kappa shape index (κ1) is 20.6. The summed E-state index contributed by atoms with van der Waals surface area (Å²) in [5.74, 6) is 0.967. The molecule has 1 heterocycles. The first-order valence-corrected chi connectivity index (χ1v) is 9.95. The van der Waals surface area contributed by atoms with Crippen molar-refractivity contribution in [1.29, 1.82) is 0 Å². The second kappa shape index (κ2) is 9.38. The minimum absolute atomic E-state index is 0.0212. The van der Waals surface area contributed by atoms with E-state index in [1.165, 1.54) is 6.92 Å². The molecule has 0 aliphatic heterocycles. The molecule has 0 radical (unpaired) electrons. The molecule has 0 saturated carbocycles. The Hall–Kier alpha value is -3.13. The molecule has 2 aromatic carbocycles. The molecule has 0 unspecified atom stereocenters. The van der Waals surface area contributed by atoms with Gasteiger partial charge in [0, 0.05) is 11.3 Å². The number of anilines is 1. The molecule has 3 aromatic rings. The van der Waals surface area contributed by atoms with Crippen LogP contribution in [-0.2, 0) is 11.4 Å². The van der Waals surface area contributed by atoms with E-state index in [1.807, 2.05) is 26.0 Å². The second-order valence-corrected chi connectivity index (χ2v) is 7.47. The van der Waals surface area contributed by atoms with Crippen molar-refractivity contribution in [2.45, 2.75) is 32.6 Å². The highest BCUT2D eigenvalue weighted by Gasteiger charge is 2.11. The van der Waals surface area contributed by atoms with Crippen LogP contribution < -0.4 is 10.1 Å². The Balaban J connectivity index is 1.47. The van der Waals surface area contributed by atoms with E-state index in [4.69, 9.17) is 9.15 Å². The predicted molar refractivity (Wildman–Crippen MR) is 110 cm³/mol. The third kappa shape index (κ3) is 6.18. The maximum Gasteiger partial charge on any atom is 0.277 e. The van der Waals surface area contributed by atoms with E-state index >= 15 is 0 Å². The van der Waals surface area contributed by atoms with Crippen LogP contribution in [0.25, 0.3) is 0 Å². The number of nitrogens with one attached hydrogen (secondary N) is 1. The van der Waals surface area contributed by atoms with Gasteiger partial charge in [0.1, 0.15) is 5.75 Å². The fourth-order valence-electron chi connectivity index (χ4n) is 2.63. The monoisotopic (exact) mass is 411 g/mol. The summed E-state index contributed by atoms with van der Waals surface area (Å²) >= 11 is 1.14. The van der Waals surface area contributed by atoms with Crippen LogP contribution in [0.5, 0.6) is 5.75 Å². The summed E-state index contributed by atoms with van der Waals surface area (Å²) in [6, 6.07) is 12.7. The summed E-state index contributed by atoms with van der Waals surface area (Å²) in [5.41, 5.74) is 3.44. The largest absolute Gasteiger partial charge is 0.484 e. The Kier molecular flexibility index (Phi) is 6.66. The SMILES string of the molecule is CC(=O)c1ccc(NC(=O)CSc2nnc(COc3cc(C)cc(C)c3)o2)cc1. The summed E-state index contributed by atoms with van der Waals surface area (Å²) in [6.07, 6.45) is 0. The number of ketones is 1. The molecule has 0 aliphatic carbocycles. The quantitative estimate of drug-likeness (QED) is 0.438. The lowest BCUT2D eigenvalue weighted by molar-refractivity contribution is -0.113. The molecule has 0 saturated heterocycles. The van der Waals surface area contributed by atoms with Crippen molar-refractivity contribution >= 4 is 29.1 Å². The summed E-state index contributed by atoms with van der Waals surface area (Å²) in [5, 5.41) is 10.9.